The van der Waals surface area contributed by atoms with Gasteiger partial charge in [0.15, 0.2) is 5.69 Å². The van der Waals surface area contributed by atoms with Crippen molar-refractivity contribution in [1.82, 2.24) is 14.4 Å². The van der Waals surface area contributed by atoms with Crippen LogP contribution < -0.4 is 0 Å². The first-order chi connectivity index (χ1) is 15.0. The third-order valence-electron chi connectivity index (χ3n) is 4.72. The quantitative estimate of drug-likeness (QED) is 0.270. The lowest BCUT2D eigenvalue weighted by Gasteiger charge is -2.20. The SMILES string of the molecule is CCOC(=O)c1cn2c(ccc3c(-c4ccc(Cl)cc4)cc(C(F)(F)C(F)(F)F)nc32)n1. The molecule has 166 valence electrons. The molecule has 0 radical (unpaired) electrons. The molecule has 0 spiro atoms. The number of ether oxygens (including phenoxy) is 1. The van der Waals surface area contributed by atoms with Crippen molar-refractivity contribution < 1.29 is 31.5 Å². The van der Waals surface area contributed by atoms with Gasteiger partial charge in [-0.3, -0.25) is 4.40 Å². The fourth-order valence-corrected chi connectivity index (χ4v) is 3.33. The van der Waals surface area contributed by atoms with E-state index in [-0.39, 0.29) is 34.5 Å². The third-order valence-corrected chi connectivity index (χ3v) is 4.97. The molecule has 0 unspecified atom stereocenters. The largest absolute Gasteiger partial charge is 0.461 e. The Kier molecular flexibility index (Phi) is 5.28. The van der Waals surface area contributed by atoms with Gasteiger partial charge in [-0.2, -0.15) is 22.0 Å². The molecule has 4 rings (SSSR count). The van der Waals surface area contributed by atoms with Crippen LogP contribution in [-0.4, -0.2) is 33.1 Å². The number of carbonyl (C=O) groups is 1. The van der Waals surface area contributed by atoms with E-state index in [4.69, 9.17) is 16.3 Å². The van der Waals surface area contributed by atoms with Crippen molar-refractivity contribution in [2.45, 2.75) is 19.0 Å². The summed E-state index contributed by atoms with van der Waals surface area (Å²) >= 11 is 5.88. The minimum Gasteiger partial charge on any atom is -0.461 e. The van der Waals surface area contributed by atoms with E-state index in [0.29, 0.717) is 16.7 Å². The van der Waals surface area contributed by atoms with Crippen molar-refractivity contribution in [2.75, 3.05) is 6.61 Å². The lowest BCUT2D eigenvalue weighted by Crippen LogP contribution is -2.34. The second-order valence-corrected chi connectivity index (χ2v) is 7.22. The maximum absolute atomic E-state index is 14.3. The second-order valence-electron chi connectivity index (χ2n) is 6.78. The Hall–Kier alpha value is -3.27. The number of rotatable bonds is 4. The van der Waals surface area contributed by atoms with E-state index in [0.717, 1.165) is 0 Å². The summed E-state index contributed by atoms with van der Waals surface area (Å²) in [7, 11) is 0. The molecular formula is C21H13ClF5N3O2. The van der Waals surface area contributed by atoms with Gasteiger partial charge in [0.1, 0.15) is 17.0 Å². The molecule has 3 aromatic heterocycles. The van der Waals surface area contributed by atoms with Gasteiger partial charge in [0.2, 0.25) is 0 Å². The van der Waals surface area contributed by atoms with Crippen LogP contribution in [-0.2, 0) is 10.7 Å². The number of fused-ring (bicyclic) bond motifs is 3. The number of hydrogen-bond donors (Lipinski definition) is 0. The van der Waals surface area contributed by atoms with Crippen LogP contribution in [0.15, 0.2) is 48.7 Å². The molecule has 0 aliphatic rings. The first kappa shape index (κ1) is 21.9. The van der Waals surface area contributed by atoms with E-state index < -0.39 is 23.8 Å². The van der Waals surface area contributed by atoms with Crippen LogP contribution in [0.25, 0.3) is 27.8 Å². The zero-order chi connectivity index (χ0) is 23.3. The number of alkyl halides is 5. The molecule has 0 bridgehead atoms. The van der Waals surface area contributed by atoms with Gasteiger partial charge in [-0.15, -0.1) is 0 Å². The van der Waals surface area contributed by atoms with Crippen LogP contribution in [0.4, 0.5) is 22.0 Å². The summed E-state index contributed by atoms with van der Waals surface area (Å²) in [5.41, 5.74) is -1.28. The number of aromatic nitrogens is 3. The molecule has 0 saturated carbocycles. The highest BCUT2D eigenvalue weighted by molar-refractivity contribution is 6.30. The first-order valence-electron chi connectivity index (χ1n) is 9.24. The molecule has 3 heterocycles. The predicted molar refractivity (Wildman–Crippen MR) is 107 cm³/mol. The average Bonchev–Trinajstić information content (AvgIpc) is 3.18. The van der Waals surface area contributed by atoms with Gasteiger partial charge in [0.25, 0.3) is 0 Å². The standard InChI is InChI=1S/C21H13ClF5N3O2/c1-2-32-19(31)15-10-30-17(28-15)8-7-13-14(11-3-5-12(22)6-4-11)9-16(29-18(13)30)20(23,24)21(25,26)27/h3-10H,2H2,1H3. The molecule has 4 aromatic rings. The molecule has 0 aliphatic heterocycles. The molecule has 0 atom stereocenters. The maximum atomic E-state index is 14.3. The summed E-state index contributed by atoms with van der Waals surface area (Å²) in [4.78, 5) is 19.7. The number of hydrogen-bond acceptors (Lipinski definition) is 4. The van der Waals surface area contributed by atoms with Crippen molar-refractivity contribution >= 4 is 34.3 Å². The lowest BCUT2D eigenvalue weighted by molar-refractivity contribution is -0.290. The van der Waals surface area contributed by atoms with Crippen LogP contribution in [0.5, 0.6) is 0 Å². The summed E-state index contributed by atoms with van der Waals surface area (Å²) in [6.45, 7) is 1.67. The highest BCUT2D eigenvalue weighted by Gasteiger charge is 2.60. The third kappa shape index (κ3) is 3.64. The van der Waals surface area contributed by atoms with Crippen molar-refractivity contribution in [2.24, 2.45) is 0 Å². The van der Waals surface area contributed by atoms with Gasteiger partial charge in [-0.1, -0.05) is 23.7 Å². The minimum atomic E-state index is -5.86. The van der Waals surface area contributed by atoms with Gasteiger partial charge >= 0.3 is 18.1 Å². The van der Waals surface area contributed by atoms with Gasteiger partial charge in [0.05, 0.1) is 6.61 Å². The van der Waals surface area contributed by atoms with Crippen LogP contribution in [0.3, 0.4) is 0 Å². The van der Waals surface area contributed by atoms with E-state index in [9.17, 15) is 26.7 Å². The van der Waals surface area contributed by atoms with Crippen LogP contribution in [0.1, 0.15) is 23.1 Å². The molecule has 1 aromatic carbocycles. The zero-order valence-electron chi connectivity index (χ0n) is 16.3. The Bertz CT molecular complexity index is 1330. The van der Waals surface area contributed by atoms with Crippen LogP contribution in [0, 0.1) is 0 Å². The maximum Gasteiger partial charge on any atom is 0.459 e. The number of pyridine rings is 2. The average molecular weight is 470 g/mol. The Labute approximate surface area is 182 Å². The van der Waals surface area contributed by atoms with Crippen LogP contribution in [0.2, 0.25) is 5.02 Å². The van der Waals surface area contributed by atoms with E-state index in [1.54, 1.807) is 6.92 Å². The highest BCUT2D eigenvalue weighted by Crippen LogP contribution is 2.45. The number of imidazole rings is 1. The predicted octanol–water partition coefficient (Wildman–Crippen LogP) is 6.03. The van der Waals surface area contributed by atoms with Gasteiger partial charge < -0.3 is 4.74 Å². The van der Waals surface area contributed by atoms with E-state index in [1.807, 2.05) is 0 Å². The highest BCUT2D eigenvalue weighted by atomic mass is 35.5. The van der Waals surface area contributed by atoms with Crippen molar-refractivity contribution in [3.05, 3.63) is 65.1 Å². The van der Waals surface area contributed by atoms with Crippen molar-refractivity contribution in [3.63, 3.8) is 0 Å². The monoisotopic (exact) mass is 469 g/mol. The number of benzene rings is 1. The van der Waals surface area contributed by atoms with E-state index in [2.05, 4.69) is 9.97 Å². The van der Waals surface area contributed by atoms with E-state index in [1.165, 1.54) is 47.0 Å². The van der Waals surface area contributed by atoms with E-state index >= 15 is 0 Å². The van der Waals surface area contributed by atoms with Crippen molar-refractivity contribution in [1.29, 1.82) is 0 Å². The smallest absolute Gasteiger partial charge is 0.459 e. The summed E-state index contributed by atoms with van der Waals surface area (Å²) in [5, 5.41) is 0.637. The van der Waals surface area contributed by atoms with Gasteiger partial charge in [0, 0.05) is 16.6 Å². The normalized spacial score (nSPS) is 12.5. The van der Waals surface area contributed by atoms with Gasteiger partial charge in [-0.25, -0.2) is 14.8 Å². The molecule has 32 heavy (non-hydrogen) atoms. The number of carbonyl (C=O) groups excluding carboxylic acids is 1. The second kappa shape index (κ2) is 7.70. The number of nitrogens with zero attached hydrogens (tertiary/aromatic N) is 3. The molecule has 0 fully saturated rings. The molecule has 5 nitrogen and oxygen atoms in total. The Morgan fingerprint density at radius 2 is 1.75 bits per heavy atom. The van der Waals surface area contributed by atoms with Gasteiger partial charge in [-0.05, 0) is 48.4 Å². The van der Waals surface area contributed by atoms with Crippen LogP contribution >= 0.6 is 11.6 Å². The fourth-order valence-electron chi connectivity index (χ4n) is 3.21. The molecule has 0 saturated heterocycles. The fraction of sp³-hybridized carbons (Fsp3) is 0.190. The summed E-state index contributed by atoms with van der Waals surface area (Å²) < 4.78 is 74.0. The Morgan fingerprint density at radius 3 is 2.38 bits per heavy atom. The summed E-state index contributed by atoms with van der Waals surface area (Å²) in [6.07, 6.45) is -4.67. The molecule has 0 N–H and O–H groups in total. The molecular weight excluding hydrogens is 457 g/mol. The Balaban J connectivity index is 2.06. The van der Waals surface area contributed by atoms with Crippen molar-refractivity contribution in [3.8, 4) is 11.1 Å². The summed E-state index contributed by atoms with van der Waals surface area (Å²) in [6, 6.07) is 9.64. The minimum absolute atomic E-state index is 0.0777. The zero-order valence-corrected chi connectivity index (χ0v) is 17.0. The molecule has 11 heteroatoms. The lowest BCUT2D eigenvalue weighted by atomic mass is 10.00. The topological polar surface area (TPSA) is 56.5 Å². The first-order valence-corrected chi connectivity index (χ1v) is 9.61. The number of halogens is 6. The Morgan fingerprint density at radius 1 is 1.06 bits per heavy atom. The summed E-state index contributed by atoms with van der Waals surface area (Å²) in [5.74, 6) is -5.98. The number of esters is 1. The molecule has 0 amide bonds. The molecule has 0 aliphatic carbocycles.